The number of aromatic nitrogens is 2. The van der Waals surface area contributed by atoms with Crippen molar-refractivity contribution in [1.82, 2.24) is 9.97 Å². The van der Waals surface area contributed by atoms with Gasteiger partial charge in [-0.25, -0.2) is 9.97 Å². The zero-order valence-electron chi connectivity index (χ0n) is 10.8. The van der Waals surface area contributed by atoms with Crippen LogP contribution < -0.4 is 0 Å². The summed E-state index contributed by atoms with van der Waals surface area (Å²) >= 11 is 0. The molecule has 0 aliphatic carbocycles. The van der Waals surface area contributed by atoms with Crippen LogP contribution in [-0.4, -0.2) is 9.97 Å². The maximum Gasteiger partial charge on any atom is 0.128 e. The number of nitrogens with zero attached hydrogens (tertiary/aromatic N) is 2. The number of aryl methyl sites for hydroxylation is 1. The van der Waals surface area contributed by atoms with Crippen molar-refractivity contribution in [2.24, 2.45) is 0 Å². The molecule has 0 unspecified atom stereocenters. The van der Waals surface area contributed by atoms with Gasteiger partial charge < -0.3 is 0 Å². The molecule has 0 saturated heterocycles. The molecule has 1 heterocycles. The van der Waals surface area contributed by atoms with E-state index in [1.807, 2.05) is 6.20 Å². The van der Waals surface area contributed by atoms with Gasteiger partial charge in [-0.2, -0.15) is 0 Å². The van der Waals surface area contributed by atoms with Gasteiger partial charge >= 0.3 is 0 Å². The Morgan fingerprint density at radius 2 is 1.87 bits per heavy atom. The fourth-order valence-electron chi connectivity index (χ4n) is 1.62. The Balaban J connectivity index is 3.28. The molecule has 0 saturated carbocycles. The van der Waals surface area contributed by atoms with Crippen LogP contribution in [0.25, 0.3) is 0 Å². The fraction of sp³-hybridized carbons (Fsp3) is 0.692. The smallest absolute Gasteiger partial charge is 0.128 e. The first-order chi connectivity index (χ1) is 6.86. The van der Waals surface area contributed by atoms with Crippen LogP contribution in [0.4, 0.5) is 0 Å². The van der Waals surface area contributed by atoms with Crippen LogP contribution in [0.1, 0.15) is 64.5 Å². The predicted molar refractivity (Wildman–Crippen MR) is 64.2 cm³/mol. The first-order valence-corrected chi connectivity index (χ1v) is 5.72. The van der Waals surface area contributed by atoms with E-state index in [2.05, 4.69) is 51.5 Å². The average molecular weight is 206 g/mol. The van der Waals surface area contributed by atoms with E-state index in [1.165, 1.54) is 11.3 Å². The lowest BCUT2D eigenvalue weighted by Crippen LogP contribution is -2.18. The van der Waals surface area contributed by atoms with Crippen LogP contribution in [0.5, 0.6) is 0 Å². The van der Waals surface area contributed by atoms with E-state index in [0.717, 1.165) is 12.2 Å². The van der Waals surface area contributed by atoms with Gasteiger partial charge in [0.25, 0.3) is 0 Å². The van der Waals surface area contributed by atoms with Crippen LogP contribution >= 0.6 is 0 Å². The molecule has 2 nitrogen and oxygen atoms in total. The standard InChI is InChI=1S/C13H22N2/c1-7-11-14-8-10(13(4,5)6)12(15-11)9(2)3/h8-9H,7H2,1-6H3. The van der Waals surface area contributed by atoms with Gasteiger partial charge in [0.2, 0.25) is 0 Å². The first kappa shape index (κ1) is 12.2. The lowest BCUT2D eigenvalue weighted by atomic mass is 9.84. The van der Waals surface area contributed by atoms with Crippen LogP contribution in [0.15, 0.2) is 6.20 Å². The van der Waals surface area contributed by atoms with Crippen LogP contribution in [0, 0.1) is 0 Å². The van der Waals surface area contributed by atoms with Crippen molar-refractivity contribution in [3.63, 3.8) is 0 Å². The highest BCUT2D eigenvalue weighted by Gasteiger charge is 2.21. The molecule has 1 aromatic rings. The molecule has 0 atom stereocenters. The van der Waals surface area contributed by atoms with Gasteiger partial charge in [0.05, 0.1) is 5.69 Å². The molecule has 0 radical (unpaired) electrons. The molecule has 0 aliphatic rings. The van der Waals surface area contributed by atoms with Gasteiger partial charge in [0.15, 0.2) is 0 Å². The van der Waals surface area contributed by atoms with Crippen LogP contribution in [0.3, 0.4) is 0 Å². The maximum atomic E-state index is 4.65. The molecule has 1 aromatic heterocycles. The van der Waals surface area contributed by atoms with Crippen LogP contribution in [-0.2, 0) is 11.8 Å². The lowest BCUT2D eigenvalue weighted by molar-refractivity contribution is 0.563. The van der Waals surface area contributed by atoms with E-state index in [9.17, 15) is 0 Å². The van der Waals surface area contributed by atoms with E-state index in [-0.39, 0.29) is 5.41 Å². The largest absolute Gasteiger partial charge is 0.241 e. The number of rotatable bonds is 2. The van der Waals surface area contributed by atoms with Crippen LogP contribution in [0.2, 0.25) is 0 Å². The average Bonchev–Trinajstić information content (AvgIpc) is 2.15. The lowest BCUT2D eigenvalue weighted by Gasteiger charge is -2.23. The van der Waals surface area contributed by atoms with Crippen molar-refractivity contribution >= 4 is 0 Å². The van der Waals surface area contributed by atoms with E-state index in [1.54, 1.807) is 0 Å². The Bertz CT molecular complexity index is 335. The summed E-state index contributed by atoms with van der Waals surface area (Å²) in [6.45, 7) is 13.1. The predicted octanol–water partition coefficient (Wildman–Crippen LogP) is 3.46. The fourth-order valence-corrected chi connectivity index (χ4v) is 1.62. The summed E-state index contributed by atoms with van der Waals surface area (Å²) in [6.07, 6.45) is 2.91. The minimum Gasteiger partial charge on any atom is -0.241 e. The molecule has 0 spiro atoms. The molecule has 0 fully saturated rings. The third kappa shape index (κ3) is 2.77. The summed E-state index contributed by atoms with van der Waals surface area (Å²) in [7, 11) is 0. The quantitative estimate of drug-likeness (QED) is 0.740. The highest BCUT2D eigenvalue weighted by molar-refractivity contribution is 5.27. The van der Waals surface area contributed by atoms with Crippen molar-refractivity contribution in [1.29, 1.82) is 0 Å². The SMILES string of the molecule is CCc1ncc(C(C)(C)C)c(C(C)C)n1. The molecule has 15 heavy (non-hydrogen) atoms. The van der Waals surface area contributed by atoms with Crippen molar-refractivity contribution < 1.29 is 0 Å². The second-order valence-electron chi connectivity index (χ2n) is 5.34. The molecule has 0 bridgehead atoms. The molecule has 1 rings (SSSR count). The molecule has 84 valence electrons. The molecule has 2 heteroatoms. The van der Waals surface area contributed by atoms with Crippen molar-refractivity contribution in [2.45, 2.75) is 59.3 Å². The summed E-state index contributed by atoms with van der Waals surface area (Å²) < 4.78 is 0. The maximum absolute atomic E-state index is 4.65. The number of hydrogen-bond donors (Lipinski definition) is 0. The Hall–Kier alpha value is -0.920. The zero-order chi connectivity index (χ0) is 11.6. The third-order valence-corrected chi connectivity index (χ3v) is 2.54. The highest BCUT2D eigenvalue weighted by Crippen LogP contribution is 2.28. The van der Waals surface area contributed by atoms with Crippen molar-refractivity contribution in [2.75, 3.05) is 0 Å². The summed E-state index contributed by atoms with van der Waals surface area (Å²) in [4.78, 5) is 9.04. The summed E-state index contributed by atoms with van der Waals surface area (Å²) in [5.41, 5.74) is 2.61. The minimum atomic E-state index is 0.131. The topological polar surface area (TPSA) is 25.8 Å². The second-order valence-corrected chi connectivity index (χ2v) is 5.34. The molecular formula is C13H22N2. The molecule has 0 amide bonds. The van der Waals surface area contributed by atoms with E-state index >= 15 is 0 Å². The molecular weight excluding hydrogens is 184 g/mol. The highest BCUT2D eigenvalue weighted by atomic mass is 14.9. The molecule has 0 N–H and O–H groups in total. The summed E-state index contributed by atoms with van der Waals surface area (Å²) in [6, 6.07) is 0. The van der Waals surface area contributed by atoms with Gasteiger partial charge in [-0.05, 0) is 16.9 Å². The Morgan fingerprint density at radius 3 is 2.27 bits per heavy atom. The second kappa shape index (κ2) is 4.30. The Labute approximate surface area is 93.2 Å². The summed E-state index contributed by atoms with van der Waals surface area (Å²) in [5.74, 6) is 1.42. The van der Waals surface area contributed by atoms with Gasteiger partial charge in [-0.1, -0.05) is 41.5 Å². The third-order valence-electron chi connectivity index (χ3n) is 2.54. The van der Waals surface area contributed by atoms with Gasteiger partial charge in [-0.3, -0.25) is 0 Å². The van der Waals surface area contributed by atoms with Gasteiger partial charge in [0.1, 0.15) is 5.82 Å². The Kier molecular flexibility index (Phi) is 3.48. The van der Waals surface area contributed by atoms with Gasteiger partial charge in [0, 0.05) is 12.6 Å². The number of hydrogen-bond acceptors (Lipinski definition) is 2. The first-order valence-electron chi connectivity index (χ1n) is 5.72. The Morgan fingerprint density at radius 1 is 1.27 bits per heavy atom. The normalized spacial score (nSPS) is 12.2. The van der Waals surface area contributed by atoms with E-state index in [0.29, 0.717) is 5.92 Å². The van der Waals surface area contributed by atoms with E-state index in [4.69, 9.17) is 0 Å². The molecule has 0 aliphatic heterocycles. The summed E-state index contributed by atoms with van der Waals surface area (Å²) in [5, 5.41) is 0. The van der Waals surface area contributed by atoms with Gasteiger partial charge in [-0.15, -0.1) is 0 Å². The van der Waals surface area contributed by atoms with Crippen molar-refractivity contribution in [3.8, 4) is 0 Å². The van der Waals surface area contributed by atoms with E-state index < -0.39 is 0 Å². The van der Waals surface area contributed by atoms with Crippen molar-refractivity contribution in [3.05, 3.63) is 23.3 Å². The molecule has 0 aromatic carbocycles. The zero-order valence-corrected chi connectivity index (χ0v) is 10.8. The minimum absolute atomic E-state index is 0.131. The monoisotopic (exact) mass is 206 g/mol.